The number of nitrogens with one attached hydrogen (secondary N) is 6. The van der Waals surface area contributed by atoms with E-state index in [4.69, 9.17) is 10.5 Å². The number of nitrogens with two attached hydrogens (primary N) is 1. The van der Waals surface area contributed by atoms with E-state index in [1.165, 1.54) is 12.2 Å². The lowest BCUT2D eigenvalue weighted by molar-refractivity contribution is -0.137. The van der Waals surface area contributed by atoms with Crippen molar-refractivity contribution in [3.8, 4) is 0 Å². The van der Waals surface area contributed by atoms with Crippen molar-refractivity contribution in [3.05, 3.63) is 42.0 Å². The minimum absolute atomic E-state index is 0.0388. The average molecular weight is 799 g/mol. The van der Waals surface area contributed by atoms with Crippen molar-refractivity contribution in [1.29, 1.82) is 0 Å². The van der Waals surface area contributed by atoms with Gasteiger partial charge in [-0.05, 0) is 67.1 Å². The molecule has 17 nitrogen and oxygen atoms in total. The maximum Gasteiger partial charge on any atom is 0.407 e. The van der Waals surface area contributed by atoms with Crippen LogP contribution < -0.4 is 37.6 Å². The van der Waals surface area contributed by atoms with E-state index in [1.807, 2.05) is 0 Å². The first-order chi connectivity index (χ1) is 26.9. The minimum Gasteiger partial charge on any atom is -0.445 e. The lowest BCUT2D eigenvalue weighted by Gasteiger charge is -2.28. The zero-order chi connectivity index (χ0) is 42.5. The number of nitrogens with zero attached hydrogens (tertiary/aromatic N) is 1. The van der Waals surface area contributed by atoms with Gasteiger partial charge in [-0.3, -0.25) is 33.7 Å². The van der Waals surface area contributed by atoms with Crippen LogP contribution in [0.4, 0.5) is 15.3 Å². The van der Waals surface area contributed by atoms with Crippen molar-refractivity contribution in [2.24, 2.45) is 23.0 Å². The summed E-state index contributed by atoms with van der Waals surface area (Å²) in [5.74, 6) is -2.08. The standard InChI is InChI=1S/C40H62N8O9/c1-26(2)35(47-32(50)12-8-7-9-24-48-33(51)17-18-34(48)52)37(54)46-30(11-10-21-43-38(41)55)36(53)45-29-15-13-28(14-16-29)25-57-39(56)44-23-22-42-31(49)19-20-40(5,6)27(3)4/h13-18,26-27,30,35H,7-12,19-25H2,1-6H3,(H,42,49)(H,44,56)(H,45,53)(H,46,54)(H,47,50)(H3,41,43,55)/t30-,35-/m0/s1. The molecule has 2 atom stereocenters. The maximum atomic E-state index is 13.4. The first kappa shape index (κ1) is 47.7. The monoisotopic (exact) mass is 798 g/mol. The fraction of sp³-hybridized carbons (Fsp3) is 0.600. The van der Waals surface area contributed by atoms with Crippen LogP contribution >= 0.6 is 0 Å². The molecule has 1 heterocycles. The Bertz CT molecular complexity index is 1560. The van der Waals surface area contributed by atoms with Crippen LogP contribution in [0.25, 0.3) is 0 Å². The second-order valence-electron chi connectivity index (χ2n) is 15.4. The van der Waals surface area contributed by atoms with Crippen LogP contribution in [0.2, 0.25) is 0 Å². The van der Waals surface area contributed by atoms with Gasteiger partial charge in [-0.15, -0.1) is 0 Å². The Hall–Kier alpha value is -5.48. The lowest BCUT2D eigenvalue weighted by atomic mass is 9.77. The Balaban J connectivity index is 1.85. The third-order valence-electron chi connectivity index (χ3n) is 9.92. The molecule has 17 heteroatoms. The molecule has 0 bridgehead atoms. The highest BCUT2D eigenvalue weighted by atomic mass is 16.5. The number of hydrogen-bond donors (Lipinski definition) is 7. The average Bonchev–Trinajstić information content (AvgIpc) is 3.47. The number of imide groups is 1. The molecule has 0 saturated carbocycles. The summed E-state index contributed by atoms with van der Waals surface area (Å²) in [6.45, 7) is 12.9. The van der Waals surface area contributed by atoms with Crippen molar-refractivity contribution in [1.82, 2.24) is 31.5 Å². The van der Waals surface area contributed by atoms with E-state index in [2.05, 4.69) is 59.6 Å². The number of benzene rings is 1. The zero-order valence-electron chi connectivity index (χ0n) is 34.2. The van der Waals surface area contributed by atoms with Crippen LogP contribution in [0.5, 0.6) is 0 Å². The van der Waals surface area contributed by atoms with Crippen LogP contribution in [-0.4, -0.2) is 90.7 Å². The molecule has 57 heavy (non-hydrogen) atoms. The summed E-state index contributed by atoms with van der Waals surface area (Å²) in [6.07, 6.45) is 5.18. The van der Waals surface area contributed by atoms with Gasteiger partial charge in [0.2, 0.25) is 23.6 Å². The molecular formula is C40H62N8O9. The van der Waals surface area contributed by atoms with E-state index < -0.39 is 36.0 Å². The molecule has 0 radical (unpaired) electrons. The summed E-state index contributed by atoms with van der Waals surface area (Å²) in [6, 6.07) is 3.88. The van der Waals surface area contributed by atoms with Crippen LogP contribution in [0.15, 0.2) is 36.4 Å². The van der Waals surface area contributed by atoms with Gasteiger partial charge in [0.1, 0.15) is 18.7 Å². The molecule has 9 amide bonds. The molecule has 0 saturated heterocycles. The number of unbranched alkanes of at least 4 members (excludes halogenated alkanes) is 2. The molecule has 0 unspecified atom stereocenters. The van der Waals surface area contributed by atoms with Gasteiger partial charge in [0, 0.05) is 56.9 Å². The number of ether oxygens (including phenoxy) is 1. The smallest absolute Gasteiger partial charge is 0.407 e. The van der Waals surface area contributed by atoms with Gasteiger partial charge >= 0.3 is 12.1 Å². The normalized spacial score (nSPS) is 13.6. The van der Waals surface area contributed by atoms with Crippen LogP contribution in [0, 0.1) is 17.3 Å². The summed E-state index contributed by atoms with van der Waals surface area (Å²) < 4.78 is 5.26. The number of alkyl carbamates (subject to hydrolysis) is 1. The molecule has 1 aliphatic rings. The highest BCUT2D eigenvalue weighted by Gasteiger charge is 2.29. The molecule has 1 aromatic rings. The second kappa shape index (κ2) is 24.2. The van der Waals surface area contributed by atoms with E-state index in [0.717, 1.165) is 11.3 Å². The van der Waals surface area contributed by atoms with Gasteiger partial charge in [0.25, 0.3) is 11.8 Å². The predicted octanol–water partition coefficient (Wildman–Crippen LogP) is 2.99. The van der Waals surface area contributed by atoms with E-state index in [1.54, 1.807) is 38.1 Å². The SMILES string of the molecule is CC(C)[C@H](NC(=O)CCCCCN1C(=O)C=CC1=O)C(=O)N[C@@H](CCCNC(N)=O)C(=O)Nc1ccc(COC(=O)NCCNC(=O)CCC(C)(C)C(C)C)cc1. The third-order valence-corrected chi connectivity index (χ3v) is 9.92. The number of primary amides is 1. The second-order valence-corrected chi connectivity index (χ2v) is 15.4. The molecule has 1 aliphatic heterocycles. The first-order valence-electron chi connectivity index (χ1n) is 19.6. The van der Waals surface area contributed by atoms with Gasteiger partial charge in [0.05, 0.1) is 0 Å². The molecule has 0 spiro atoms. The van der Waals surface area contributed by atoms with E-state index in [-0.39, 0.29) is 80.6 Å². The number of hydrogen-bond acceptors (Lipinski definition) is 9. The molecule has 316 valence electrons. The van der Waals surface area contributed by atoms with E-state index >= 15 is 0 Å². The van der Waals surface area contributed by atoms with E-state index in [0.29, 0.717) is 49.3 Å². The highest BCUT2D eigenvalue weighted by Crippen LogP contribution is 2.31. The number of carbonyl (C=O) groups is 8. The van der Waals surface area contributed by atoms with Gasteiger partial charge in [0.15, 0.2) is 0 Å². The first-order valence-corrected chi connectivity index (χ1v) is 19.6. The summed E-state index contributed by atoms with van der Waals surface area (Å²) >= 11 is 0. The molecule has 1 aromatic carbocycles. The van der Waals surface area contributed by atoms with Crippen molar-refractivity contribution in [3.63, 3.8) is 0 Å². The Morgan fingerprint density at radius 2 is 1.40 bits per heavy atom. The Kier molecular flexibility index (Phi) is 20.3. The van der Waals surface area contributed by atoms with Crippen molar-refractivity contribution < 1.29 is 43.1 Å². The summed E-state index contributed by atoms with van der Waals surface area (Å²) in [4.78, 5) is 99.7. The number of rotatable bonds is 25. The minimum atomic E-state index is -1.03. The fourth-order valence-electron chi connectivity index (χ4n) is 5.51. The quantitative estimate of drug-likeness (QED) is 0.0567. The van der Waals surface area contributed by atoms with Gasteiger partial charge in [-0.25, -0.2) is 9.59 Å². The Morgan fingerprint density at radius 3 is 2.02 bits per heavy atom. The molecule has 0 fully saturated rings. The topological polar surface area (TPSA) is 247 Å². The lowest BCUT2D eigenvalue weighted by Crippen LogP contribution is -2.54. The largest absolute Gasteiger partial charge is 0.445 e. The number of amides is 9. The van der Waals surface area contributed by atoms with Crippen LogP contribution in [0.3, 0.4) is 0 Å². The van der Waals surface area contributed by atoms with E-state index in [9.17, 15) is 38.4 Å². The highest BCUT2D eigenvalue weighted by molar-refractivity contribution is 6.12. The molecule has 2 rings (SSSR count). The van der Waals surface area contributed by atoms with Crippen molar-refractivity contribution in [2.45, 2.75) is 112 Å². The molecule has 0 aliphatic carbocycles. The summed E-state index contributed by atoms with van der Waals surface area (Å²) in [5, 5.41) is 16.1. The van der Waals surface area contributed by atoms with Crippen molar-refractivity contribution in [2.75, 3.05) is 31.5 Å². The van der Waals surface area contributed by atoms with Gasteiger partial charge in [-0.2, -0.15) is 0 Å². The third kappa shape index (κ3) is 18.3. The maximum absolute atomic E-state index is 13.4. The van der Waals surface area contributed by atoms with Crippen LogP contribution in [-0.2, 0) is 40.1 Å². The molecule has 0 aromatic heterocycles. The number of anilines is 1. The zero-order valence-corrected chi connectivity index (χ0v) is 34.2. The molecule has 8 N–H and O–H groups in total. The van der Waals surface area contributed by atoms with Crippen LogP contribution in [0.1, 0.15) is 98.5 Å². The van der Waals surface area contributed by atoms with Gasteiger partial charge < -0.3 is 42.4 Å². The number of carbonyl (C=O) groups excluding carboxylic acids is 8. The fourth-order valence-corrected chi connectivity index (χ4v) is 5.51. The number of urea groups is 1. The summed E-state index contributed by atoms with van der Waals surface area (Å²) in [5.41, 5.74) is 6.28. The molecular weight excluding hydrogens is 736 g/mol. The Morgan fingerprint density at radius 1 is 0.754 bits per heavy atom. The predicted molar refractivity (Wildman–Crippen MR) is 214 cm³/mol. The van der Waals surface area contributed by atoms with Gasteiger partial charge in [-0.1, -0.05) is 60.1 Å². The summed E-state index contributed by atoms with van der Waals surface area (Å²) in [7, 11) is 0. The Labute approximate surface area is 335 Å². The van der Waals surface area contributed by atoms with Crippen molar-refractivity contribution >= 4 is 53.3 Å².